The topological polar surface area (TPSA) is 60.4 Å². The molecule has 0 aliphatic heterocycles. The summed E-state index contributed by atoms with van der Waals surface area (Å²) in [7, 11) is 0. The van der Waals surface area contributed by atoms with Crippen molar-refractivity contribution in [2.45, 2.75) is 13.3 Å². The Morgan fingerprint density at radius 1 is 1.21 bits per heavy atom. The Morgan fingerprint density at radius 2 is 1.95 bits per heavy atom. The number of benzene rings is 1. The van der Waals surface area contributed by atoms with E-state index in [0.29, 0.717) is 4.88 Å². The molecule has 2 aromatic rings. The van der Waals surface area contributed by atoms with Gasteiger partial charge in [0.25, 0.3) is 0 Å². The van der Waals surface area contributed by atoms with E-state index in [1.54, 1.807) is 13.0 Å². The molecule has 0 spiro atoms. The van der Waals surface area contributed by atoms with Crippen molar-refractivity contribution >= 4 is 39.0 Å². The summed E-state index contributed by atoms with van der Waals surface area (Å²) in [6, 6.07) is 9.31. The van der Waals surface area contributed by atoms with E-state index in [1.807, 2.05) is 24.3 Å². The number of hydrogen-bond donors (Lipinski definition) is 0. The van der Waals surface area contributed by atoms with Crippen LogP contribution in [0.3, 0.4) is 0 Å². The number of hydrogen-bond acceptors (Lipinski definition) is 5. The third-order valence-corrected chi connectivity index (χ3v) is 3.68. The molecule has 19 heavy (non-hydrogen) atoms. The minimum Gasteiger partial charge on any atom is -0.460 e. The summed E-state index contributed by atoms with van der Waals surface area (Å²) in [6.07, 6.45) is -0.439. The minimum absolute atomic E-state index is 0.127. The van der Waals surface area contributed by atoms with Crippen molar-refractivity contribution in [2.75, 3.05) is 6.61 Å². The molecule has 1 heterocycles. The number of Topliss-reactive ketones (excluding diaryl/α,β-unsaturated/α-hetero) is 2. The lowest BCUT2D eigenvalue weighted by atomic mass is 10.1. The van der Waals surface area contributed by atoms with Gasteiger partial charge in [-0.3, -0.25) is 9.59 Å². The second kappa shape index (κ2) is 5.75. The average molecular weight is 276 g/mol. The van der Waals surface area contributed by atoms with Crippen molar-refractivity contribution in [3.05, 3.63) is 35.2 Å². The van der Waals surface area contributed by atoms with Crippen molar-refractivity contribution in [1.82, 2.24) is 0 Å². The lowest BCUT2D eigenvalue weighted by Gasteiger charge is -1.99. The first-order valence-corrected chi connectivity index (χ1v) is 6.65. The van der Waals surface area contributed by atoms with E-state index < -0.39 is 18.2 Å². The summed E-state index contributed by atoms with van der Waals surface area (Å²) in [4.78, 5) is 35.0. The highest BCUT2D eigenvalue weighted by Crippen LogP contribution is 2.26. The van der Waals surface area contributed by atoms with Gasteiger partial charge in [0, 0.05) is 4.70 Å². The van der Waals surface area contributed by atoms with E-state index in [-0.39, 0.29) is 12.4 Å². The molecule has 0 radical (unpaired) electrons. The standard InChI is InChI=1S/C14H12O4S/c1-2-18-14(17)11(16)8-10(15)13-7-9-5-3-4-6-12(9)19-13/h3-7H,2,8H2,1H3. The number of thiophene rings is 1. The second-order valence-electron chi connectivity index (χ2n) is 3.89. The van der Waals surface area contributed by atoms with E-state index in [4.69, 9.17) is 0 Å². The number of ether oxygens (including phenoxy) is 1. The molecule has 0 aliphatic carbocycles. The van der Waals surface area contributed by atoms with Gasteiger partial charge in [0.05, 0.1) is 17.9 Å². The van der Waals surface area contributed by atoms with Crippen molar-refractivity contribution < 1.29 is 19.1 Å². The smallest absolute Gasteiger partial charge is 0.375 e. The summed E-state index contributed by atoms with van der Waals surface area (Å²) in [6.45, 7) is 1.74. The fourth-order valence-corrected chi connectivity index (χ4v) is 2.64. The van der Waals surface area contributed by atoms with E-state index >= 15 is 0 Å². The van der Waals surface area contributed by atoms with Crippen LogP contribution in [0.1, 0.15) is 23.0 Å². The van der Waals surface area contributed by atoms with Gasteiger partial charge in [-0.25, -0.2) is 4.79 Å². The van der Waals surface area contributed by atoms with Crippen LogP contribution in [-0.2, 0) is 14.3 Å². The molecule has 1 aromatic heterocycles. The minimum atomic E-state index is -0.947. The Bertz CT molecular complexity index is 609. The maximum absolute atomic E-state index is 11.9. The van der Waals surface area contributed by atoms with Crippen LogP contribution in [0, 0.1) is 0 Å². The summed E-state index contributed by atoms with van der Waals surface area (Å²) in [5.74, 6) is -2.10. The van der Waals surface area contributed by atoms with Crippen molar-refractivity contribution in [2.24, 2.45) is 0 Å². The number of carbonyl (C=O) groups excluding carboxylic acids is 3. The zero-order valence-electron chi connectivity index (χ0n) is 10.3. The first kappa shape index (κ1) is 13.4. The Balaban J connectivity index is 2.11. The van der Waals surface area contributed by atoms with Crippen LogP contribution < -0.4 is 0 Å². The van der Waals surface area contributed by atoms with E-state index in [2.05, 4.69) is 4.74 Å². The molecule has 0 saturated carbocycles. The van der Waals surface area contributed by atoms with Gasteiger partial charge in [0.2, 0.25) is 5.78 Å². The Hall–Kier alpha value is -2.01. The highest BCUT2D eigenvalue weighted by molar-refractivity contribution is 7.20. The van der Waals surface area contributed by atoms with Crippen molar-refractivity contribution in [1.29, 1.82) is 0 Å². The van der Waals surface area contributed by atoms with E-state index in [1.165, 1.54) is 11.3 Å². The molecular formula is C14H12O4S. The molecule has 0 amide bonds. The highest BCUT2D eigenvalue weighted by Gasteiger charge is 2.21. The molecule has 0 atom stereocenters. The SMILES string of the molecule is CCOC(=O)C(=O)CC(=O)c1cc2ccccc2s1. The normalized spacial score (nSPS) is 10.4. The molecular weight excluding hydrogens is 264 g/mol. The molecule has 0 bridgehead atoms. The van der Waals surface area contributed by atoms with Crippen LogP contribution >= 0.6 is 11.3 Å². The van der Waals surface area contributed by atoms with Crippen molar-refractivity contribution in [3.8, 4) is 0 Å². The highest BCUT2D eigenvalue weighted by atomic mass is 32.1. The van der Waals surface area contributed by atoms with Gasteiger partial charge in [-0.1, -0.05) is 18.2 Å². The van der Waals surface area contributed by atoms with Crippen molar-refractivity contribution in [3.63, 3.8) is 0 Å². The zero-order chi connectivity index (χ0) is 13.8. The molecule has 0 aliphatic rings. The van der Waals surface area contributed by atoms with Gasteiger partial charge in [-0.15, -0.1) is 11.3 Å². The summed E-state index contributed by atoms with van der Waals surface area (Å²) < 4.78 is 5.54. The van der Waals surface area contributed by atoms with Crippen LogP contribution in [0.25, 0.3) is 10.1 Å². The maximum atomic E-state index is 11.9. The quantitative estimate of drug-likeness (QED) is 0.364. The Morgan fingerprint density at radius 3 is 2.63 bits per heavy atom. The molecule has 98 valence electrons. The van der Waals surface area contributed by atoms with Crippen LogP contribution in [-0.4, -0.2) is 24.1 Å². The number of carbonyl (C=O) groups is 3. The first-order chi connectivity index (χ1) is 9.11. The number of rotatable bonds is 5. The molecule has 0 N–H and O–H groups in total. The van der Waals surface area contributed by atoms with Gasteiger partial charge in [0.15, 0.2) is 5.78 Å². The third-order valence-electron chi connectivity index (χ3n) is 2.52. The van der Waals surface area contributed by atoms with Crippen LogP contribution in [0.15, 0.2) is 30.3 Å². The largest absolute Gasteiger partial charge is 0.460 e. The first-order valence-electron chi connectivity index (χ1n) is 5.83. The Kier molecular flexibility index (Phi) is 4.06. The van der Waals surface area contributed by atoms with E-state index in [9.17, 15) is 14.4 Å². The molecule has 0 fully saturated rings. The van der Waals surface area contributed by atoms with Gasteiger partial charge >= 0.3 is 5.97 Å². The lowest BCUT2D eigenvalue weighted by Crippen LogP contribution is -2.20. The lowest BCUT2D eigenvalue weighted by molar-refractivity contribution is -0.153. The molecule has 2 rings (SSSR count). The number of esters is 1. The van der Waals surface area contributed by atoms with Crippen LogP contribution in [0.5, 0.6) is 0 Å². The van der Waals surface area contributed by atoms with Crippen LogP contribution in [0.2, 0.25) is 0 Å². The average Bonchev–Trinajstić information content (AvgIpc) is 2.82. The fraction of sp³-hybridized carbons (Fsp3) is 0.214. The summed E-state index contributed by atoms with van der Waals surface area (Å²) in [5, 5.41) is 0.958. The number of fused-ring (bicyclic) bond motifs is 1. The Labute approximate surface area is 114 Å². The molecule has 0 saturated heterocycles. The van der Waals surface area contributed by atoms with E-state index in [0.717, 1.165) is 10.1 Å². The third kappa shape index (κ3) is 3.06. The second-order valence-corrected chi connectivity index (χ2v) is 4.98. The number of ketones is 2. The molecule has 1 aromatic carbocycles. The predicted molar refractivity (Wildman–Crippen MR) is 72.4 cm³/mol. The zero-order valence-corrected chi connectivity index (χ0v) is 11.2. The van der Waals surface area contributed by atoms with Gasteiger partial charge < -0.3 is 4.74 Å². The van der Waals surface area contributed by atoms with Gasteiger partial charge in [-0.05, 0) is 24.4 Å². The predicted octanol–water partition coefficient (Wildman–Crippen LogP) is 2.61. The fourth-order valence-electron chi connectivity index (χ4n) is 1.64. The molecule has 5 heteroatoms. The molecule has 4 nitrogen and oxygen atoms in total. The maximum Gasteiger partial charge on any atom is 0.375 e. The molecule has 0 unspecified atom stereocenters. The summed E-state index contributed by atoms with van der Waals surface area (Å²) >= 11 is 1.32. The van der Waals surface area contributed by atoms with Gasteiger partial charge in [0.1, 0.15) is 0 Å². The summed E-state index contributed by atoms with van der Waals surface area (Å²) in [5.41, 5.74) is 0. The monoisotopic (exact) mass is 276 g/mol. The van der Waals surface area contributed by atoms with Gasteiger partial charge in [-0.2, -0.15) is 0 Å². The van der Waals surface area contributed by atoms with Crippen LogP contribution in [0.4, 0.5) is 0 Å².